The van der Waals surface area contributed by atoms with E-state index in [0.29, 0.717) is 10.8 Å². The first-order chi connectivity index (χ1) is 8.69. The Hall–Kier alpha value is -1.59. The molecule has 6 heteroatoms. The highest BCUT2D eigenvalue weighted by molar-refractivity contribution is 7.16. The van der Waals surface area contributed by atoms with Gasteiger partial charge in [0.05, 0.1) is 4.88 Å². The van der Waals surface area contributed by atoms with Crippen LogP contribution in [0.15, 0.2) is 30.7 Å². The summed E-state index contributed by atoms with van der Waals surface area (Å²) in [5, 5.41) is 7.57. The number of nitrogens with one attached hydrogen (secondary N) is 2. The molecule has 0 aliphatic rings. The van der Waals surface area contributed by atoms with Gasteiger partial charge in [0, 0.05) is 30.7 Å². The summed E-state index contributed by atoms with van der Waals surface area (Å²) in [6, 6.07) is 3.50. The molecule has 0 spiro atoms. The van der Waals surface area contributed by atoms with Crippen LogP contribution in [-0.4, -0.2) is 17.0 Å². The molecular formula is C12H13ClN4S. The number of allylic oxidation sites excluding steroid dienone is 1. The van der Waals surface area contributed by atoms with Crippen molar-refractivity contribution in [2.75, 3.05) is 12.4 Å². The summed E-state index contributed by atoms with van der Waals surface area (Å²) in [6.07, 6.45) is 5.43. The summed E-state index contributed by atoms with van der Waals surface area (Å²) in [5.41, 5.74) is 1.14. The van der Waals surface area contributed by atoms with Crippen LogP contribution in [0.1, 0.15) is 11.8 Å². The molecule has 0 bridgehead atoms. The molecule has 0 unspecified atom stereocenters. The van der Waals surface area contributed by atoms with Crippen LogP contribution in [-0.2, 0) is 0 Å². The number of hydrogen-bond donors (Lipinski definition) is 2. The molecule has 2 N–H and O–H groups in total. The molecule has 0 fully saturated rings. The quantitative estimate of drug-likeness (QED) is 0.900. The van der Waals surface area contributed by atoms with Gasteiger partial charge >= 0.3 is 0 Å². The summed E-state index contributed by atoms with van der Waals surface area (Å²) in [4.78, 5) is 9.58. The van der Waals surface area contributed by atoms with Crippen molar-refractivity contribution in [2.24, 2.45) is 0 Å². The van der Waals surface area contributed by atoms with Gasteiger partial charge in [-0.3, -0.25) is 0 Å². The van der Waals surface area contributed by atoms with Crippen molar-refractivity contribution in [3.8, 4) is 0 Å². The molecule has 0 amide bonds. The number of nitrogens with zero attached hydrogens (tertiary/aromatic N) is 2. The fourth-order valence-corrected chi connectivity index (χ4v) is 2.34. The molecule has 94 valence electrons. The van der Waals surface area contributed by atoms with E-state index in [2.05, 4.69) is 20.6 Å². The maximum atomic E-state index is 5.89. The van der Waals surface area contributed by atoms with Crippen molar-refractivity contribution in [1.29, 1.82) is 0 Å². The first-order valence-electron chi connectivity index (χ1n) is 5.38. The van der Waals surface area contributed by atoms with Gasteiger partial charge in [0.15, 0.2) is 5.13 Å². The Balaban J connectivity index is 2.14. The molecule has 0 aromatic carbocycles. The third-order valence-corrected chi connectivity index (χ3v) is 3.50. The largest absolute Gasteiger partial charge is 0.394 e. The molecule has 0 atom stereocenters. The zero-order valence-corrected chi connectivity index (χ0v) is 11.6. The van der Waals surface area contributed by atoms with E-state index >= 15 is 0 Å². The Bertz CT molecular complexity index is 565. The Kier molecular flexibility index (Phi) is 4.17. The van der Waals surface area contributed by atoms with Crippen LogP contribution in [0.2, 0.25) is 5.02 Å². The highest BCUT2D eigenvalue weighted by atomic mass is 35.5. The average molecular weight is 281 g/mol. The first-order valence-corrected chi connectivity index (χ1v) is 6.57. The predicted octanol–water partition coefficient (Wildman–Crippen LogP) is 3.52. The SMILES string of the molecule is CN/C=C(\C)c1cnc(Nc2cc(Cl)ccn2)s1. The van der Waals surface area contributed by atoms with Gasteiger partial charge in [-0.15, -0.1) is 0 Å². The van der Waals surface area contributed by atoms with Gasteiger partial charge in [0.2, 0.25) is 0 Å². The fourth-order valence-electron chi connectivity index (χ4n) is 1.38. The van der Waals surface area contributed by atoms with Gasteiger partial charge in [0.1, 0.15) is 5.82 Å². The normalized spacial score (nSPS) is 11.4. The van der Waals surface area contributed by atoms with E-state index in [9.17, 15) is 0 Å². The molecular weight excluding hydrogens is 268 g/mol. The third-order valence-electron chi connectivity index (χ3n) is 2.21. The minimum atomic E-state index is 0.649. The number of anilines is 2. The second-order valence-electron chi connectivity index (χ2n) is 3.63. The van der Waals surface area contributed by atoms with E-state index in [1.165, 1.54) is 0 Å². The number of aromatic nitrogens is 2. The maximum absolute atomic E-state index is 5.89. The van der Waals surface area contributed by atoms with Crippen molar-refractivity contribution >= 4 is 39.5 Å². The Morgan fingerprint density at radius 3 is 3.00 bits per heavy atom. The third kappa shape index (κ3) is 3.21. The predicted molar refractivity (Wildman–Crippen MR) is 77.4 cm³/mol. The van der Waals surface area contributed by atoms with Gasteiger partial charge in [0.25, 0.3) is 0 Å². The van der Waals surface area contributed by atoms with Crippen LogP contribution < -0.4 is 10.6 Å². The molecule has 0 saturated heterocycles. The van der Waals surface area contributed by atoms with Crippen LogP contribution in [0.5, 0.6) is 0 Å². The number of thiazole rings is 1. The van der Waals surface area contributed by atoms with E-state index in [-0.39, 0.29) is 0 Å². The molecule has 0 saturated carbocycles. The molecule has 0 radical (unpaired) electrons. The summed E-state index contributed by atoms with van der Waals surface area (Å²) in [7, 11) is 1.87. The lowest BCUT2D eigenvalue weighted by Gasteiger charge is -2.00. The molecule has 4 nitrogen and oxygen atoms in total. The Labute approximate surface area is 115 Å². The lowest BCUT2D eigenvalue weighted by Crippen LogP contribution is -1.93. The van der Waals surface area contributed by atoms with Crippen LogP contribution in [0.25, 0.3) is 5.57 Å². The van der Waals surface area contributed by atoms with Gasteiger partial charge in [-0.05, 0) is 24.6 Å². The zero-order valence-electron chi connectivity index (χ0n) is 10.1. The maximum Gasteiger partial charge on any atom is 0.188 e. The molecule has 2 aromatic rings. The minimum absolute atomic E-state index is 0.649. The van der Waals surface area contributed by atoms with Crippen molar-refractivity contribution < 1.29 is 0 Å². The Morgan fingerprint density at radius 1 is 1.44 bits per heavy atom. The lowest BCUT2D eigenvalue weighted by molar-refractivity contribution is 1.10. The smallest absolute Gasteiger partial charge is 0.188 e. The number of rotatable bonds is 4. The first kappa shape index (κ1) is 12.9. The summed E-state index contributed by atoms with van der Waals surface area (Å²) >= 11 is 7.46. The highest BCUT2D eigenvalue weighted by Crippen LogP contribution is 2.26. The van der Waals surface area contributed by atoms with E-state index in [1.807, 2.05) is 26.4 Å². The number of pyridine rings is 1. The fraction of sp³-hybridized carbons (Fsp3) is 0.167. The van der Waals surface area contributed by atoms with Crippen LogP contribution in [0.4, 0.5) is 10.9 Å². The van der Waals surface area contributed by atoms with E-state index < -0.39 is 0 Å². The van der Waals surface area contributed by atoms with Crippen LogP contribution >= 0.6 is 22.9 Å². The molecule has 0 aliphatic carbocycles. The molecule has 2 rings (SSSR count). The second kappa shape index (κ2) is 5.84. The molecule has 2 aromatic heterocycles. The molecule has 0 aliphatic heterocycles. The van der Waals surface area contributed by atoms with Crippen molar-refractivity contribution in [3.05, 3.63) is 40.6 Å². The summed E-state index contributed by atoms with van der Waals surface area (Å²) < 4.78 is 0. The number of hydrogen-bond acceptors (Lipinski definition) is 5. The van der Waals surface area contributed by atoms with Crippen molar-refractivity contribution in [2.45, 2.75) is 6.92 Å². The van der Waals surface area contributed by atoms with Crippen molar-refractivity contribution in [3.63, 3.8) is 0 Å². The molecule has 18 heavy (non-hydrogen) atoms. The lowest BCUT2D eigenvalue weighted by atomic mass is 10.3. The minimum Gasteiger partial charge on any atom is -0.394 e. The zero-order chi connectivity index (χ0) is 13.0. The highest BCUT2D eigenvalue weighted by Gasteiger charge is 2.04. The molecule has 2 heterocycles. The van der Waals surface area contributed by atoms with E-state index in [1.54, 1.807) is 29.7 Å². The average Bonchev–Trinajstić information content (AvgIpc) is 2.78. The topological polar surface area (TPSA) is 49.8 Å². The standard InChI is InChI=1S/C12H13ClN4S/c1-8(6-14-2)10-7-16-12(18-10)17-11-5-9(13)3-4-15-11/h3-7,14H,1-2H3,(H,15,16,17)/b8-6+. The summed E-state index contributed by atoms with van der Waals surface area (Å²) in [6.45, 7) is 2.03. The number of halogens is 1. The van der Waals surface area contributed by atoms with Gasteiger partial charge in [-0.1, -0.05) is 22.9 Å². The van der Waals surface area contributed by atoms with Gasteiger partial charge < -0.3 is 10.6 Å². The van der Waals surface area contributed by atoms with E-state index in [0.717, 1.165) is 15.6 Å². The van der Waals surface area contributed by atoms with Crippen LogP contribution in [0, 0.1) is 0 Å². The van der Waals surface area contributed by atoms with E-state index in [4.69, 9.17) is 11.6 Å². The van der Waals surface area contributed by atoms with Crippen LogP contribution in [0.3, 0.4) is 0 Å². The summed E-state index contributed by atoms with van der Waals surface area (Å²) in [5.74, 6) is 0.693. The van der Waals surface area contributed by atoms with Crippen molar-refractivity contribution in [1.82, 2.24) is 15.3 Å². The monoisotopic (exact) mass is 280 g/mol. The Morgan fingerprint density at radius 2 is 2.28 bits per heavy atom. The van der Waals surface area contributed by atoms with Gasteiger partial charge in [-0.2, -0.15) is 0 Å². The van der Waals surface area contributed by atoms with Gasteiger partial charge in [-0.25, -0.2) is 9.97 Å². The second-order valence-corrected chi connectivity index (χ2v) is 5.10.